The topological polar surface area (TPSA) is 66.8 Å². The summed E-state index contributed by atoms with van der Waals surface area (Å²) in [6.07, 6.45) is -0.560. The lowest BCUT2D eigenvalue weighted by atomic mass is 10.5. The molecule has 0 rings (SSSR count). The summed E-state index contributed by atoms with van der Waals surface area (Å²) >= 11 is 0. The van der Waals surface area contributed by atoms with Crippen LogP contribution in [0.15, 0.2) is 0 Å². The Morgan fingerprint density at radius 3 is 2.00 bits per heavy atom. The van der Waals surface area contributed by atoms with Gasteiger partial charge in [-0.15, -0.1) is 0 Å². The van der Waals surface area contributed by atoms with Gasteiger partial charge in [0.15, 0.2) is 0 Å². The van der Waals surface area contributed by atoms with Crippen molar-refractivity contribution in [3.8, 4) is 0 Å². The molecule has 4 nitrogen and oxygen atoms in total. The fourth-order valence-corrected chi connectivity index (χ4v) is 0.203. The summed E-state index contributed by atoms with van der Waals surface area (Å²) < 4.78 is 4.40. The maximum atomic E-state index is 9.82. The minimum Gasteiger partial charge on any atom is -0.466 e. The SMILES string of the molecule is CC(O)CO.CCOC(C)=O. The van der Waals surface area contributed by atoms with Gasteiger partial charge in [-0.1, -0.05) is 0 Å². The predicted molar refractivity (Wildman–Crippen MR) is 41.1 cm³/mol. The fourth-order valence-electron chi connectivity index (χ4n) is 0.203. The molecule has 68 valence electrons. The average Bonchev–Trinajstić information content (AvgIpc) is 1.89. The number of carbonyl (C=O) groups excluding carboxylic acids is 1. The van der Waals surface area contributed by atoms with E-state index < -0.39 is 6.10 Å². The van der Waals surface area contributed by atoms with E-state index in [0.29, 0.717) is 6.61 Å². The van der Waals surface area contributed by atoms with E-state index in [1.54, 1.807) is 6.92 Å². The van der Waals surface area contributed by atoms with E-state index in [-0.39, 0.29) is 12.6 Å². The first-order valence-electron chi connectivity index (χ1n) is 3.46. The lowest BCUT2D eigenvalue weighted by Gasteiger charge is -1.90. The van der Waals surface area contributed by atoms with Crippen LogP contribution < -0.4 is 0 Å². The van der Waals surface area contributed by atoms with Crippen molar-refractivity contribution in [1.82, 2.24) is 0 Å². The average molecular weight is 164 g/mol. The maximum absolute atomic E-state index is 9.82. The Morgan fingerprint density at radius 1 is 1.64 bits per heavy atom. The fraction of sp³-hybridized carbons (Fsp3) is 0.857. The van der Waals surface area contributed by atoms with Crippen molar-refractivity contribution in [2.45, 2.75) is 26.9 Å². The molecular formula is C7H16O4. The minimum atomic E-state index is -0.560. The van der Waals surface area contributed by atoms with Crippen LogP contribution in [0.25, 0.3) is 0 Å². The standard InChI is InChI=1S/C4H8O2.C3H8O2/c1-3-6-4(2)5;1-3(5)2-4/h3H2,1-2H3;3-5H,2H2,1H3. The molecule has 0 spiro atoms. The molecule has 11 heavy (non-hydrogen) atoms. The molecule has 0 heterocycles. The molecule has 0 saturated heterocycles. The molecule has 1 atom stereocenters. The quantitative estimate of drug-likeness (QED) is 0.560. The van der Waals surface area contributed by atoms with E-state index in [4.69, 9.17) is 10.2 Å². The number of carbonyl (C=O) groups is 1. The van der Waals surface area contributed by atoms with Gasteiger partial charge < -0.3 is 14.9 Å². The molecule has 1 unspecified atom stereocenters. The number of ether oxygens (including phenoxy) is 1. The molecule has 0 fully saturated rings. The van der Waals surface area contributed by atoms with Crippen LogP contribution in [0.5, 0.6) is 0 Å². The van der Waals surface area contributed by atoms with Gasteiger partial charge >= 0.3 is 5.97 Å². The summed E-state index contributed by atoms with van der Waals surface area (Å²) in [4.78, 5) is 9.82. The summed E-state index contributed by atoms with van der Waals surface area (Å²) in [5, 5.41) is 16.0. The molecule has 0 aliphatic rings. The van der Waals surface area contributed by atoms with Crippen molar-refractivity contribution < 1.29 is 19.7 Å². The summed E-state index contributed by atoms with van der Waals surface area (Å²) in [6, 6.07) is 0. The highest BCUT2D eigenvalue weighted by atomic mass is 16.5. The van der Waals surface area contributed by atoms with Crippen molar-refractivity contribution in [1.29, 1.82) is 0 Å². The molecule has 0 aromatic heterocycles. The van der Waals surface area contributed by atoms with Crippen molar-refractivity contribution in [2.75, 3.05) is 13.2 Å². The van der Waals surface area contributed by atoms with E-state index in [1.807, 2.05) is 0 Å². The molecule has 0 radical (unpaired) electrons. The number of hydrogen-bond acceptors (Lipinski definition) is 4. The van der Waals surface area contributed by atoms with E-state index in [1.165, 1.54) is 13.8 Å². The molecule has 0 aromatic rings. The highest BCUT2D eigenvalue weighted by Gasteiger charge is 1.83. The zero-order valence-corrected chi connectivity index (χ0v) is 7.20. The molecule has 0 bridgehead atoms. The number of aliphatic hydroxyl groups excluding tert-OH is 2. The van der Waals surface area contributed by atoms with Crippen LogP contribution in [0.4, 0.5) is 0 Å². The van der Waals surface area contributed by atoms with Crippen molar-refractivity contribution >= 4 is 5.97 Å². The van der Waals surface area contributed by atoms with Gasteiger partial charge in [0.05, 0.1) is 19.3 Å². The van der Waals surface area contributed by atoms with Crippen molar-refractivity contribution in [3.63, 3.8) is 0 Å². The van der Waals surface area contributed by atoms with Crippen LogP contribution in [-0.4, -0.2) is 35.5 Å². The second-order valence-corrected chi connectivity index (χ2v) is 1.96. The molecule has 0 aliphatic heterocycles. The van der Waals surface area contributed by atoms with Crippen molar-refractivity contribution in [2.24, 2.45) is 0 Å². The van der Waals surface area contributed by atoms with Gasteiger partial charge in [0.25, 0.3) is 0 Å². The highest BCUT2D eigenvalue weighted by molar-refractivity contribution is 5.65. The van der Waals surface area contributed by atoms with E-state index in [0.717, 1.165) is 0 Å². The molecule has 0 saturated carbocycles. The zero-order chi connectivity index (χ0) is 9.28. The van der Waals surface area contributed by atoms with Crippen LogP contribution in [-0.2, 0) is 9.53 Å². The first-order chi connectivity index (χ1) is 5.04. The highest BCUT2D eigenvalue weighted by Crippen LogP contribution is 1.69. The molecule has 2 N–H and O–H groups in total. The number of hydrogen-bond donors (Lipinski definition) is 2. The third kappa shape index (κ3) is 26.6. The Hall–Kier alpha value is -0.610. The van der Waals surface area contributed by atoms with Gasteiger partial charge in [-0.05, 0) is 13.8 Å². The Bertz CT molecular complexity index is 90.4. The Kier molecular flexibility index (Phi) is 11.1. The smallest absolute Gasteiger partial charge is 0.302 e. The second kappa shape index (κ2) is 9.39. The normalized spacial score (nSPS) is 11.0. The van der Waals surface area contributed by atoms with Gasteiger partial charge in [0.1, 0.15) is 0 Å². The molecule has 0 aromatic carbocycles. The first kappa shape index (κ1) is 13.0. The van der Waals surface area contributed by atoms with Gasteiger partial charge in [-0.3, -0.25) is 4.79 Å². The van der Waals surface area contributed by atoms with Crippen LogP contribution in [0, 0.1) is 0 Å². The van der Waals surface area contributed by atoms with Gasteiger partial charge in [-0.2, -0.15) is 0 Å². The number of esters is 1. The molecule has 0 amide bonds. The van der Waals surface area contributed by atoms with Gasteiger partial charge in [0, 0.05) is 6.92 Å². The molecule has 0 aliphatic carbocycles. The predicted octanol–water partition coefficient (Wildman–Crippen LogP) is -0.0711. The van der Waals surface area contributed by atoms with Crippen molar-refractivity contribution in [3.05, 3.63) is 0 Å². The van der Waals surface area contributed by atoms with Gasteiger partial charge in [-0.25, -0.2) is 0 Å². The zero-order valence-electron chi connectivity index (χ0n) is 7.20. The lowest BCUT2D eigenvalue weighted by Crippen LogP contribution is -2.03. The maximum Gasteiger partial charge on any atom is 0.302 e. The van der Waals surface area contributed by atoms with E-state index in [2.05, 4.69) is 4.74 Å². The van der Waals surface area contributed by atoms with E-state index in [9.17, 15) is 4.79 Å². The largest absolute Gasteiger partial charge is 0.466 e. The van der Waals surface area contributed by atoms with Crippen LogP contribution in [0.2, 0.25) is 0 Å². The van der Waals surface area contributed by atoms with Gasteiger partial charge in [0.2, 0.25) is 0 Å². The molecule has 4 heteroatoms. The Labute approximate surface area is 66.8 Å². The summed E-state index contributed by atoms with van der Waals surface area (Å²) in [5.74, 6) is -0.211. The third-order valence-corrected chi connectivity index (χ3v) is 0.612. The first-order valence-corrected chi connectivity index (χ1v) is 3.46. The second-order valence-electron chi connectivity index (χ2n) is 1.96. The lowest BCUT2D eigenvalue weighted by molar-refractivity contribution is -0.140. The molecular weight excluding hydrogens is 148 g/mol. The number of rotatable bonds is 2. The minimum absolute atomic E-state index is 0.139. The van der Waals surface area contributed by atoms with Crippen LogP contribution >= 0.6 is 0 Å². The Balaban J connectivity index is 0. The van der Waals surface area contributed by atoms with Crippen LogP contribution in [0.1, 0.15) is 20.8 Å². The third-order valence-electron chi connectivity index (χ3n) is 0.612. The summed E-state index contributed by atoms with van der Waals surface area (Å²) in [7, 11) is 0. The van der Waals surface area contributed by atoms with E-state index >= 15 is 0 Å². The number of aliphatic hydroxyl groups is 2. The summed E-state index contributed by atoms with van der Waals surface area (Å²) in [5.41, 5.74) is 0. The summed E-state index contributed by atoms with van der Waals surface area (Å²) in [6.45, 7) is 5.04. The monoisotopic (exact) mass is 164 g/mol. The van der Waals surface area contributed by atoms with Crippen LogP contribution in [0.3, 0.4) is 0 Å². The Morgan fingerprint density at radius 2 is 2.00 bits per heavy atom.